The molecule has 1 aromatic heterocycles. The molecule has 0 saturated heterocycles. The Morgan fingerprint density at radius 2 is 1.96 bits per heavy atom. The van der Waals surface area contributed by atoms with E-state index < -0.39 is 0 Å². The number of methoxy groups -OCH3 is 1. The lowest BCUT2D eigenvalue weighted by atomic mass is 10.1. The first-order chi connectivity index (χ1) is 11.8. The Kier molecular flexibility index (Phi) is 5.14. The van der Waals surface area contributed by atoms with Gasteiger partial charge in [-0.25, -0.2) is 0 Å². The summed E-state index contributed by atoms with van der Waals surface area (Å²) in [6.45, 7) is 0. The smallest absolute Gasteiger partial charge is 0.276 e. The molecule has 0 spiro atoms. The van der Waals surface area contributed by atoms with Gasteiger partial charge in [-0.2, -0.15) is 5.26 Å². The number of benzene rings is 2. The molecule has 0 fully saturated rings. The largest absolute Gasteiger partial charge is 0.497 e. The molecule has 0 unspecified atom stereocenters. The van der Waals surface area contributed by atoms with Gasteiger partial charge in [-0.15, -0.1) is 10.2 Å². The molecule has 24 heavy (non-hydrogen) atoms. The van der Waals surface area contributed by atoms with Crippen LogP contribution >= 0.6 is 11.8 Å². The second-order valence-corrected chi connectivity index (χ2v) is 6.01. The van der Waals surface area contributed by atoms with E-state index in [0.717, 1.165) is 16.9 Å². The Morgan fingerprint density at radius 3 is 2.71 bits per heavy atom. The van der Waals surface area contributed by atoms with Crippen molar-refractivity contribution in [3.63, 3.8) is 0 Å². The fraction of sp³-hybridized carbons (Fsp3) is 0.167. The average Bonchev–Trinajstić information content (AvgIpc) is 3.08. The van der Waals surface area contributed by atoms with Gasteiger partial charge in [-0.3, -0.25) is 0 Å². The van der Waals surface area contributed by atoms with Gasteiger partial charge in [0.2, 0.25) is 5.89 Å². The lowest BCUT2D eigenvalue weighted by Gasteiger charge is -2.01. The van der Waals surface area contributed by atoms with E-state index in [1.807, 2.05) is 36.4 Å². The first-order valence-electron chi connectivity index (χ1n) is 7.34. The normalized spacial score (nSPS) is 10.3. The van der Waals surface area contributed by atoms with Gasteiger partial charge in [0.1, 0.15) is 5.75 Å². The number of aromatic nitrogens is 2. The van der Waals surface area contributed by atoms with Crippen molar-refractivity contribution >= 4 is 11.8 Å². The van der Waals surface area contributed by atoms with Crippen molar-refractivity contribution in [3.05, 3.63) is 71.1 Å². The monoisotopic (exact) mass is 337 g/mol. The van der Waals surface area contributed by atoms with E-state index >= 15 is 0 Å². The Hall–Kier alpha value is -2.78. The Morgan fingerprint density at radius 1 is 1.12 bits per heavy atom. The average molecular weight is 337 g/mol. The molecule has 0 bridgehead atoms. The molecule has 3 rings (SSSR count). The van der Waals surface area contributed by atoms with E-state index in [9.17, 15) is 0 Å². The summed E-state index contributed by atoms with van der Waals surface area (Å²) in [7, 11) is 1.64. The van der Waals surface area contributed by atoms with Gasteiger partial charge in [0.15, 0.2) is 0 Å². The van der Waals surface area contributed by atoms with Crippen molar-refractivity contribution in [3.8, 4) is 11.8 Å². The van der Waals surface area contributed by atoms with Gasteiger partial charge >= 0.3 is 0 Å². The van der Waals surface area contributed by atoms with Crippen molar-refractivity contribution in [2.75, 3.05) is 7.11 Å². The van der Waals surface area contributed by atoms with Crippen LogP contribution in [0.4, 0.5) is 0 Å². The van der Waals surface area contributed by atoms with Crippen LogP contribution in [0.15, 0.2) is 58.2 Å². The van der Waals surface area contributed by atoms with E-state index in [0.29, 0.717) is 28.9 Å². The van der Waals surface area contributed by atoms with Crippen LogP contribution in [0, 0.1) is 11.3 Å². The number of nitrogens with zero attached hydrogens (tertiary/aromatic N) is 3. The molecule has 0 radical (unpaired) electrons. The highest BCUT2D eigenvalue weighted by Gasteiger charge is 2.08. The molecule has 6 heteroatoms. The molecule has 120 valence electrons. The maximum absolute atomic E-state index is 8.80. The summed E-state index contributed by atoms with van der Waals surface area (Å²) in [4.78, 5) is 0. The van der Waals surface area contributed by atoms with Crippen molar-refractivity contribution in [2.24, 2.45) is 0 Å². The minimum absolute atomic E-state index is 0.539. The van der Waals surface area contributed by atoms with Crippen molar-refractivity contribution in [1.29, 1.82) is 5.26 Å². The van der Waals surface area contributed by atoms with E-state index in [1.165, 1.54) is 11.8 Å². The SMILES string of the molecule is COc1cccc(Cc2nnc(SCc3ccc(C#N)cc3)o2)c1. The molecule has 0 atom stereocenters. The summed E-state index contributed by atoms with van der Waals surface area (Å²) in [5, 5.41) is 17.5. The zero-order valence-electron chi connectivity index (χ0n) is 13.1. The molecule has 0 amide bonds. The predicted octanol–water partition coefficient (Wildman–Crippen LogP) is 3.83. The van der Waals surface area contributed by atoms with E-state index in [2.05, 4.69) is 16.3 Å². The van der Waals surface area contributed by atoms with Crippen LogP contribution in [-0.2, 0) is 12.2 Å². The van der Waals surface area contributed by atoms with Crippen molar-refractivity contribution in [2.45, 2.75) is 17.4 Å². The van der Waals surface area contributed by atoms with Crippen LogP contribution in [0.2, 0.25) is 0 Å². The number of hydrogen-bond donors (Lipinski definition) is 0. The summed E-state index contributed by atoms with van der Waals surface area (Å²) in [5.41, 5.74) is 2.82. The quantitative estimate of drug-likeness (QED) is 0.637. The first-order valence-corrected chi connectivity index (χ1v) is 8.32. The molecule has 3 aromatic rings. The molecule has 0 saturated carbocycles. The zero-order chi connectivity index (χ0) is 16.8. The van der Waals surface area contributed by atoms with Crippen LogP contribution in [-0.4, -0.2) is 17.3 Å². The third kappa shape index (κ3) is 4.15. The molecule has 5 nitrogen and oxygen atoms in total. The van der Waals surface area contributed by atoms with E-state index in [1.54, 1.807) is 19.2 Å². The van der Waals surface area contributed by atoms with Gasteiger partial charge in [0.05, 0.1) is 25.2 Å². The molecular weight excluding hydrogens is 322 g/mol. The lowest BCUT2D eigenvalue weighted by molar-refractivity contribution is 0.412. The van der Waals surface area contributed by atoms with Gasteiger partial charge in [0, 0.05) is 5.75 Å². The van der Waals surface area contributed by atoms with Crippen LogP contribution in [0.1, 0.15) is 22.6 Å². The third-order valence-corrected chi connectivity index (χ3v) is 4.27. The number of thioether (sulfide) groups is 1. The van der Waals surface area contributed by atoms with Gasteiger partial charge in [-0.05, 0) is 35.4 Å². The number of hydrogen-bond acceptors (Lipinski definition) is 6. The van der Waals surface area contributed by atoms with Crippen molar-refractivity contribution in [1.82, 2.24) is 10.2 Å². The highest BCUT2D eigenvalue weighted by Crippen LogP contribution is 2.23. The molecule has 0 aliphatic rings. The first kappa shape index (κ1) is 16.1. The third-order valence-electron chi connectivity index (χ3n) is 3.38. The maximum atomic E-state index is 8.80. The van der Waals surface area contributed by atoms with Crippen LogP contribution in [0.3, 0.4) is 0 Å². The minimum Gasteiger partial charge on any atom is -0.497 e. The summed E-state index contributed by atoms with van der Waals surface area (Å²) in [6.07, 6.45) is 0.571. The Balaban J connectivity index is 1.59. The number of ether oxygens (including phenoxy) is 1. The second-order valence-electron chi connectivity index (χ2n) is 5.09. The number of rotatable bonds is 6. The zero-order valence-corrected chi connectivity index (χ0v) is 13.9. The fourth-order valence-electron chi connectivity index (χ4n) is 2.15. The Labute approximate surface area is 144 Å². The second kappa shape index (κ2) is 7.66. The summed E-state index contributed by atoms with van der Waals surface area (Å²) in [6, 6.07) is 17.4. The van der Waals surface area contributed by atoms with Crippen LogP contribution < -0.4 is 4.74 Å². The van der Waals surface area contributed by atoms with E-state index in [-0.39, 0.29) is 0 Å². The molecule has 0 N–H and O–H groups in total. The van der Waals surface area contributed by atoms with Gasteiger partial charge in [0.25, 0.3) is 5.22 Å². The standard InChI is InChI=1S/C18H15N3O2S/c1-22-16-4-2-3-15(9-16)10-17-20-21-18(23-17)24-12-14-7-5-13(11-19)6-8-14/h2-9H,10,12H2,1H3. The predicted molar refractivity (Wildman–Crippen MR) is 90.8 cm³/mol. The summed E-state index contributed by atoms with van der Waals surface area (Å²) < 4.78 is 10.9. The Bertz CT molecular complexity index is 853. The maximum Gasteiger partial charge on any atom is 0.276 e. The highest BCUT2D eigenvalue weighted by molar-refractivity contribution is 7.98. The number of nitriles is 1. The highest BCUT2D eigenvalue weighted by atomic mass is 32.2. The van der Waals surface area contributed by atoms with Gasteiger partial charge in [-0.1, -0.05) is 36.0 Å². The fourth-order valence-corrected chi connectivity index (χ4v) is 2.88. The lowest BCUT2D eigenvalue weighted by Crippen LogP contribution is -1.90. The topological polar surface area (TPSA) is 71.9 Å². The van der Waals surface area contributed by atoms with Crippen molar-refractivity contribution < 1.29 is 9.15 Å². The van der Waals surface area contributed by atoms with Crippen LogP contribution in [0.25, 0.3) is 0 Å². The molecule has 0 aliphatic heterocycles. The van der Waals surface area contributed by atoms with Gasteiger partial charge < -0.3 is 9.15 Å². The molecular formula is C18H15N3O2S. The molecule has 0 aliphatic carbocycles. The summed E-state index contributed by atoms with van der Waals surface area (Å²) in [5.74, 6) is 2.10. The summed E-state index contributed by atoms with van der Waals surface area (Å²) >= 11 is 1.48. The van der Waals surface area contributed by atoms with Crippen LogP contribution in [0.5, 0.6) is 5.75 Å². The molecule has 1 heterocycles. The van der Waals surface area contributed by atoms with E-state index in [4.69, 9.17) is 14.4 Å². The molecule has 2 aromatic carbocycles. The minimum atomic E-state index is 0.539.